The van der Waals surface area contributed by atoms with Crippen molar-refractivity contribution >= 4 is 45.7 Å². The molecule has 1 aromatic heterocycles. The first kappa shape index (κ1) is 21.2. The van der Waals surface area contributed by atoms with Crippen molar-refractivity contribution in [3.63, 3.8) is 0 Å². The Bertz CT molecular complexity index is 1170. The maximum absolute atomic E-state index is 13.6. The van der Waals surface area contributed by atoms with Gasteiger partial charge in [0, 0.05) is 5.02 Å². The van der Waals surface area contributed by atoms with Crippen LogP contribution in [0.5, 0.6) is 0 Å². The predicted octanol–water partition coefficient (Wildman–Crippen LogP) is 4.39. The lowest BCUT2D eigenvalue weighted by atomic mass is 9.77. The van der Waals surface area contributed by atoms with E-state index in [9.17, 15) is 14.4 Å². The number of ketones is 1. The maximum Gasteiger partial charge on any atom is 0.350 e. The molecule has 5 rings (SSSR count). The SMILES string of the molecule is COC(=O)c1sc(N2C(=O)C3=C(C(=O)C4CCCCC4O3)C2c2cccc(Cl)c2)nc1C. The molecule has 9 heteroatoms. The molecule has 2 aromatic rings. The Morgan fingerprint density at radius 1 is 1.28 bits per heavy atom. The fourth-order valence-corrected chi connectivity index (χ4v) is 6.01. The summed E-state index contributed by atoms with van der Waals surface area (Å²) in [5.74, 6) is -1.14. The lowest BCUT2D eigenvalue weighted by Crippen LogP contribution is -2.39. The number of fused-ring (bicyclic) bond motifs is 1. The molecule has 0 spiro atoms. The number of carbonyl (C=O) groups is 3. The number of rotatable bonds is 3. The molecule has 166 valence electrons. The topological polar surface area (TPSA) is 85.8 Å². The summed E-state index contributed by atoms with van der Waals surface area (Å²) >= 11 is 7.32. The zero-order valence-corrected chi connectivity index (χ0v) is 19.2. The zero-order chi connectivity index (χ0) is 22.6. The largest absolute Gasteiger partial charge is 0.483 e. The van der Waals surface area contributed by atoms with Crippen molar-refractivity contribution in [2.24, 2.45) is 5.92 Å². The van der Waals surface area contributed by atoms with Crippen molar-refractivity contribution in [3.8, 4) is 0 Å². The number of aromatic nitrogens is 1. The van der Waals surface area contributed by atoms with Gasteiger partial charge in [-0.1, -0.05) is 41.5 Å². The summed E-state index contributed by atoms with van der Waals surface area (Å²) in [6.07, 6.45) is 3.17. The normalized spacial score (nSPS) is 24.8. The van der Waals surface area contributed by atoms with E-state index >= 15 is 0 Å². The highest BCUT2D eigenvalue weighted by Crippen LogP contribution is 2.49. The molecule has 32 heavy (non-hydrogen) atoms. The van der Waals surface area contributed by atoms with Crippen LogP contribution in [0, 0.1) is 12.8 Å². The van der Waals surface area contributed by atoms with Gasteiger partial charge >= 0.3 is 5.97 Å². The summed E-state index contributed by atoms with van der Waals surface area (Å²) in [5.41, 5.74) is 1.50. The Morgan fingerprint density at radius 3 is 2.81 bits per heavy atom. The Balaban J connectivity index is 1.65. The van der Waals surface area contributed by atoms with E-state index < -0.39 is 17.9 Å². The van der Waals surface area contributed by atoms with E-state index in [1.54, 1.807) is 25.1 Å². The third kappa shape index (κ3) is 3.24. The average Bonchev–Trinajstić information content (AvgIpc) is 3.31. The number of halogens is 1. The summed E-state index contributed by atoms with van der Waals surface area (Å²) in [6, 6.07) is 6.37. The Kier molecular flexibility index (Phi) is 5.29. The summed E-state index contributed by atoms with van der Waals surface area (Å²) < 4.78 is 11.0. The fraction of sp³-hybridized carbons (Fsp3) is 0.391. The number of amides is 1. The molecule has 1 aliphatic carbocycles. The number of hydrogen-bond acceptors (Lipinski definition) is 7. The summed E-state index contributed by atoms with van der Waals surface area (Å²) in [6.45, 7) is 1.69. The molecule has 3 heterocycles. The molecule has 0 radical (unpaired) electrons. The van der Waals surface area contributed by atoms with Crippen molar-refractivity contribution in [3.05, 3.63) is 56.8 Å². The van der Waals surface area contributed by atoms with Crippen LogP contribution in [-0.2, 0) is 19.1 Å². The van der Waals surface area contributed by atoms with E-state index in [2.05, 4.69) is 4.98 Å². The number of aryl methyl sites for hydroxylation is 1. The summed E-state index contributed by atoms with van der Waals surface area (Å²) in [5, 5.41) is 0.806. The van der Waals surface area contributed by atoms with Crippen LogP contribution in [0.4, 0.5) is 5.13 Å². The first-order chi connectivity index (χ1) is 15.4. The van der Waals surface area contributed by atoms with Crippen molar-refractivity contribution < 1.29 is 23.9 Å². The minimum Gasteiger partial charge on any atom is -0.483 e. The van der Waals surface area contributed by atoms with Gasteiger partial charge in [0.15, 0.2) is 16.7 Å². The number of ether oxygens (including phenoxy) is 2. The van der Waals surface area contributed by atoms with Gasteiger partial charge in [-0.15, -0.1) is 0 Å². The van der Waals surface area contributed by atoms with Crippen LogP contribution in [0.25, 0.3) is 0 Å². The maximum atomic E-state index is 13.6. The molecule has 0 saturated heterocycles. The Morgan fingerprint density at radius 2 is 2.06 bits per heavy atom. The standard InChI is InChI=1S/C23H21ClN2O5S/c1-11-20(22(29)30-2)32-23(25-11)26-17(12-6-5-7-13(24)10-12)16-18(27)14-8-3-4-9-15(14)31-19(16)21(26)28/h5-7,10,14-15,17H,3-4,8-9H2,1-2H3. The van der Waals surface area contributed by atoms with Crippen molar-refractivity contribution in [2.75, 3.05) is 12.0 Å². The smallest absolute Gasteiger partial charge is 0.350 e. The molecule has 1 fully saturated rings. The minimum atomic E-state index is -0.720. The van der Waals surface area contributed by atoms with Gasteiger partial charge in [0.25, 0.3) is 5.91 Å². The first-order valence-electron chi connectivity index (χ1n) is 10.5. The molecular formula is C23H21ClN2O5S. The van der Waals surface area contributed by atoms with Crippen molar-refractivity contribution in [1.29, 1.82) is 0 Å². The van der Waals surface area contributed by atoms with Gasteiger partial charge in [-0.3, -0.25) is 14.5 Å². The van der Waals surface area contributed by atoms with E-state index in [1.807, 2.05) is 6.07 Å². The quantitative estimate of drug-likeness (QED) is 0.616. The lowest BCUT2D eigenvalue weighted by Gasteiger charge is -2.35. The summed E-state index contributed by atoms with van der Waals surface area (Å²) in [4.78, 5) is 45.6. The van der Waals surface area contributed by atoms with Gasteiger partial charge in [0.1, 0.15) is 11.0 Å². The van der Waals surface area contributed by atoms with Gasteiger partial charge < -0.3 is 9.47 Å². The second kappa shape index (κ2) is 8.01. The first-order valence-corrected chi connectivity index (χ1v) is 11.7. The van der Waals surface area contributed by atoms with E-state index in [4.69, 9.17) is 21.1 Å². The van der Waals surface area contributed by atoms with Crippen LogP contribution >= 0.6 is 22.9 Å². The minimum absolute atomic E-state index is 0.0433. The molecule has 3 unspecified atom stereocenters. The number of nitrogens with zero attached hydrogens (tertiary/aromatic N) is 2. The average molecular weight is 473 g/mol. The highest BCUT2D eigenvalue weighted by molar-refractivity contribution is 7.17. The third-order valence-electron chi connectivity index (χ3n) is 6.29. The van der Waals surface area contributed by atoms with E-state index in [1.165, 1.54) is 12.0 Å². The monoisotopic (exact) mass is 472 g/mol. The molecule has 3 atom stereocenters. The van der Waals surface area contributed by atoms with E-state index in [0.717, 1.165) is 37.0 Å². The van der Waals surface area contributed by atoms with Gasteiger partial charge in [0.05, 0.1) is 30.3 Å². The number of methoxy groups -OCH3 is 1. The molecule has 0 N–H and O–H groups in total. The molecule has 1 saturated carbocycles. The fourth-order valence-electron chi connectivity index (χ4n) is 4.80. The molecule has 2 aliphatic heterocycles. The van der Waals surface area contributed by atoms with Gasteiger partial charge in [0.2, 0.25) is 0 Å². The number of hydrogen-bond donors (Lipinski definition) is 0. The van der Waals surface area contributed by atoms with Crippen LogP contribution in [0.1, 0.15) is 52.7 Å². The molecular weight excluding hydrogens is 452 g/mol. The third-order valence-corrected chi connectivity index (χ3v) is 7.66. The number of esters is 1. The number of benzene rings is 1. The van der Waals surface area contributed by atoms with Crippen LogP contribution in [0.2, 0.25) is 5.02 Å². The predicted molar refractivity (Wildman–Crippen MR) is 119 cm³/mol. The van der Waals surface area contributed by atoms with Crippen molar-refractivity contribution in [1.82, 2.24) is 4.98 Å². The van der Waals surface area contributed by atoms with Gasteiger partial charge in [-0.05, 0) is 43.9 Å². The molecule has 1 amide bonds. The number of anilines is 1. The van der Waals surface area contributed by atoms with Crippen molar-refractivity contribution in [2.45, 2.75) is 44.8 Å². The molecule has 1 aromatic carbocycles. The molecule has 0 bridgehead atoms. The Labute approximate surface area is 194 Å². The second-order valence-electron chi connectivity index (χ2n) is 8.19. The Hall–Kier alpha value is -2.71. The van der Waals surface area contributed by atoms with Crippen LogP contribution in [-0.4, -0.2) is 35.9 Å². The number of Topliss-reactive ketones (excluding diaryl/α,β-unsaturated/α-hetero) is 1. The number of carbonyl (C=O) groups excluding carboxylic acids is 3. The van der Waals surface area contributed by atoms with Gasteiger partial charge in [-0.25, -0.2) is 9.78 Å². The van der Waals surface area contributed by atoms with Gasteiger partial charge in [-0.2, -0.15) is 0 Å². The highest BCUT2D eigenvalue weighted by Gasteiger charge is 2.53. The second-order valence-corrected chi connectivity index (χ2v) is 9.60. The molecule has 3 aliphatic rings. The molecule has 7 nitrogen and oxygen atoms in total. The number of thiazole rings is 1. The van der Waals surface area contributed by atoms with E-state index in [0.29, 0.717) is 31.9 Å². The van der Waals surface area contributed by atoms with Crippen LogP contribution < -0.4 is 4.90 Å². The van der Waals surface area contributed by atoms with Crippen LogP contribution in [0.3, 0.4) is 0 Å². The van der Waals surface area contributed by atoms with Crippen LogP contribution in [0.15, 0.2) is 35.6 Å². The summed E-state index contributed by atoms with van der Waals surface area (Å²) in [7, 11) is 1.30. The zero-order valence-electron chi connectivity index (χ0n) is 17.6. The lowest BCUT2D eigenvalue weighted by molar-refractivity contribution is -0.131. The van der Waals surface area contributed by atoms with E-state index in [-0.39, 0.29) is 23.6 Å². The highest BCUT2D eigenvalue weighted by atomic mass is 35.5.